The van der Waals surface area contributed by atoms with Crippen LogP contribution in [0.15, 0.2) is 97.2 Å². The fourth-order valence-electron chi connectivity index (χ4n) is 8.16. The number of hydrogen-bond donors (Lipinski definition) is 0. The Kier molecular flexibility index (Phi) is 53.6. The molecule has 0 aliphatic heterocycles. The molecule has 0 spiro atoms. The highest BCUT2D eigenvalue weighted by molar-refractivity contribution is 5.70. The molecule has 2 atom stereocenters. The van der Waals surface area contributed by atoms with Gasteiger partial charge >= 0.3 is 11.9 Å². The molecule has 0 saturated carbocycles. The van der Waals surface area contributed by atoms with E-state index in [2.05, 4.69) is 111 Å². The maximum Gasteiger partial charge on any atom is 0.306 e. The standard InChI is InChI=1S/C66H113NO8/c1-6-8-10-12-14-16-18-20-22-24-26-28-29-30-31-32-33-34-35-37-38-40-42-44-46-48-50-52-54-56-63(68)73-60-62(61-74-66(65(70)71)72-59-58-67(3,4)5)75-64(69)57-55-53-51-49-47-45-43-41-39-36-27-25-23-21-19-17-15-13-11-9-7-2/h9,11,15,17-18,20-21,23-24,26-27,36,41,43,47,49,62,66H,6-8,10,12-14,16,19,22,25,28-35,37-40,42,44-46,48,50-61H2,1-5H3/b11-9-,17-15-,20-18-,23-21-,26-24-,36-27-,43-41-,49-47-. The first kappa shape index (κ1) is 71.2. The molecule has 0 amide bonds. The molecule has 0 aliphatic carbocycles. The molecule has 0 radical (unpaired) electrons. The highest BCUT2D eigenvalue weighted by Crippen LogP contribution is 2.16. The zero-order valence-corrected chi connectivity index (χ0v) is 48.9. The van der Waals surface area contributed by atoms with Crippen molar-refractivity contribution in [3.63, 3.8) is 0 Å². The van der Waals surface area contributed by atoms with E-state index < -0.39 is 24.3 Å². The third-order valence-electron chi connectivity index (χ3n) is 12.8. The molecule has 75 heavy (non-hydrogen) atoms. The summed E-state index contributed by atoms with van der Waals surface area (Å²) in [4.78, 5) is 37.3. The number of allylic oxidation sites excluding steroid dienone is 16. The molecule has 0 rings (SSSR count). The number of rotatable bonds is 55. The first-order valence-electron chi connectivity index (χ1n) is 30.4. The predicted octanol–water partition coefficient (Wildman–Crippen LogP) is 16.8. The van der Waals surface area contributed by atoms with Gasteiger partial charge in [-0.25, -0.2) is 0 Å². The molecule has 9 heteroatoms. The van der Waals surface area contributed by atoms with Gasteiger partial charge < -0.3 is 33.3 Å². The molecule has 0 aromatic heterocycles. The number of aliphatic carboxylic acids is 1. The molecule has 2 unspecified atom stereocenters. The summed E-state index contributed by atoms with van der Waals surface area (Å²) in [5.41, 5.74) is 0. The van der Waals surface area contributed by atoms with Gasteiger partial charge in [-0.1, -0.05) is 233 Å². The van der Waals surface area contributed by atoms with Gasteiger partial charge in [0, 0.05) is 12.8 Å². The van der Waals surface area contributed by atoms with Crippen molar-refractivity contribution in [2.45, 2.75) is 257 Å². The summed E-state index contributed by atoms with van der Waals surface area (Å²) in [5.74, 6) is -2.35. The van der Waals surface area contributed by atoms with Gasteiger partial charge in [-0.15, -0.1) is 0 Å². The third kappa shape index (κ3) is 57.7. The van der Waals surface area contributed by atoms with Crippen molar-refractivity contribution in [2.75, 3.05) is 47.5 Å². The van der Waals surface area contributed by atoms with Gasteiger partial charge in [-0.3, -0.25) is 9.59 Å². The van der Waals surface area contributed by atoms with E-state index in [4.69, 9.17) is 18.9 Å². The number of carbonyl (C=O) groups is 3. The Morgan fingerprint density at radius 1 is 0.413 bits per heavy atom. The minimum absolute atomic E-state index is 0.135. The highest BCUT2D eigenvalue weighted by atomic mass is 16.7. The normalized spacial score (nSPS) is 13.5. The maximum absolute atomic E-state index is 12.8. The van der Waals surface area contributed by atoms with Crippen LogP contribution >= 0.6 is 0 Å². The number of carboxylic acid groups (broad SMARTS) is 1. The zero-order valence-electron chi connectivity index (χ0n) is 48.9. The molecule has 9 nitrogen and oxygen atoms in total. The van der Waals surface area contributed by atoms with Crippen LogP contribution in [0.2, 0.25) is 0 Å². The summed E-state index contributed by atoms with van der Waals surface area (Å²) in [6.07, 6.45) is 73.3. The molecule has 0 heterocycles. The molecule has 0 aromatic rings. The van der Waals surface area contributed by atoms with E-state index in [-0.39, 0.29) is 38.6 Å². The number of likely N-dealkylation sites (N-methyl/N-ethyl adjacent to an activating group) is 1. The van der Waals surface area contributed by atoms with E-state index >= 15 is 0 Å². The number of ether oxygens (including phenoxy) is 4. The van der Waals surface area contributed by atoms with Crippen LogP contribution in [-0.2, 0) is 33.3 Å². The fourth-order valence-corrected chi connectivity index (χ4v) is 8.16. The number of carboxylic acids is 1. The van der Waals surface area contributed by atoms with Gasteiger partial charge in [0.05, 0.1) is 40.3 Å². The van der Waals surface area contributed by atoms with Gasteiger partial charge in [0.2, 0.25) is 0 Å². The minimum atomic E-state index is -1.64. The van der Waals surface area contributed by atoms with Crippen molar-refractivity contribution >= 4 is 17.9 Å². The van der Waals surface area contributed by atoms with Crippen LogP contribution in [0.3, 0.4) is 0 Å². The van der Waals surface area contributed by atoms with Crippen LogP contribution in [0, 0.1) is 0 Å². The highest BCUT2D eigenvalue weighted by Gasteiger charge is 2.22. The lowest BCUT2D eigenvalue weighted by Crippen LogP contribution is -2.44. The molecule has 0 bridgehead atoms. The third-order valence-corrected chi connectivity index (χ3v) is 12.8. The molecule has 0 fully saturated rings. The lowest BCUT2D eigenvalue weighted by atomic mass is 10.0. The Hall–Kier alpha value is -3.79. The Labute approximate surface area is 461 Å². The van der Waals surface area contributed by atoms with Crippen molar-refractivity contribution in [2.24, 2.45) is 0 Å². The average molecular weight is 1050 g/mol. The van der Waals surface area contributed by atoms with E-state index in [9.17, 15) is 19.5 Å². The maximum atomic E-state index is 12.8. The summed E-state index contributed by atoms with van der Waals surface area (Å²) in [6, 6.07) is 0. The molecule has 430 valence electrons. The molecule has 0 saturated heterocycles. The van der Waals surface area contributed by atoms with E-state index in [0.29, 0.717) is 17.4 Å². The van der Waals surface area contributed by atoms with Crippen molar-refractivity contribution < 1.29 is 42.9 Å². The average Bonchev–Trinajstić information content (AvgIpc) is 3.38. The predicted molar refractivity (Wildman–Crippen MR) is 315 cm³/mol. The molecule has 0 aliphatic rings. The Morgan fingerprint density at radius 3 is 1.16 bits per heavy atom. The lowest BCUT2D eigenvalue weighted by Gasteiger charge is -2.26. The van der Waals surface area contributed by atoms with Crippen LogP contribution in [0.5, 0.6) is 0 Å². The van der Waals surface area contributed by atoms with Crippen molar-refractivity contribution in [3.05, 3.63) is 97.2 Å². The number of esters is 2. The Bertz CT molecular complexity index is 1550. The van der Waals surface area contributed by atoms with Gasteiger partial charge in [0.25, 0.3) is 0 Å². The number of carbonyl (C=O) groups excluding carboxylic acids is 3. The van der Waals surface area contributed by atoms with E-state index in [1.165, 1.54) is 135 Å². The SMILES string of the molecule is CC/C=C\C/C=C\C/C=C\C/C=C\C/C=C\C/C=C\CCCCC(=O)OC(COC(=O)CCCCCCCCCCCCCCCCCCC/C=C\C/C=C\CCCCCCC)COC(OCC[N+](C)(C)C)C(=O)[O-]. The van der Waals surface area contributed by atoms with Crippen molar-refractivity contribution in [3.8, 4) is 0 Å². The smallest absolute Gasteiger partial charge is 0.306 e. The quantitative estimate of drug-likeness (QED) is 0.0195. The Morgan fingerprint density at radius 2 is 0.760 bits per heavy atom. The minimum Gasteiger partial charge on any atom is -0.545 e. The van der Waals surface area contributed by atoms with E-state index in [0.717, 1.165) is 77.0 Å². The molecule has 0 aromatic carbocycles. The summed E-state index contributed by atoms with van der Waals surface area (Å²) in [6.45, 7) is 4.58. The topological polar surface area (TPSA) is 111 Å². The lowest BCUT2D eigenvalue weighted by molar-refractivity contribution is -0.870. The second-order valence-electron chi connectivity index (χ2n) is 21.3. The number of quaternary nitrogens is 1. The van der Waals surface area contributed by atoms with Crippen LogP contribution in [0.4, 0.5) is 0 Å². The number of unbranched alkanes of at least 4 members (excludes halogenated alkanes) is 24. The fraction of sp³-hybridized carbons (Fsp3) is 0.712. The first-order valence-corrected chi connectivity index (χ1v) is 30.4. The molecule has 0 N–H and O–H groups in total. The largest absolute Gasteiger partial charge is 0.545 e. The number of nitrogens with zero attached hydrogens (tertiary/aromatic N) is 1. The van der Waals surface area contributed by atoms with Crippen molar-refractivity contribution in [1.29, 1.82) is 0 Å². The van der Waals surface area contributed by atoms with Crippen molar-refractivity contribution in [1.82, 2.24) is 0 Å². The molecular formula is C66H113NO8. The van der Waals surface area contributed by atoms with Gasteiger partial charge in [-0.2, -0.15) is 0 Å². The van der Waals surface area contributed by atoms with Crippen LogP contribution in [0.1, 0.15) is 245 Å². The van der Waals surface area contributed by atoms with E-state index in [1.807, 2.05) is 21.1 Å². The van der Waals surface area contributed by atoms with Gasteiger partial charge in [0.1, 0.15) is 13.2 Å². The second kappa shape index (κ2) is 56.4. The van der Waals surface area contributed by atoms with Gasteiger partial charge in [0.15, 0.2) is 12.4 Å². The summed E-state index contributed by atoms with van der Waals surface area (Å²) >= 11 is 0. The second-order valence-corrected chi connectivity index (χ2v) is 21.3. The number of hydrogen-bond acceptors (Lipinski definition) is 8. The summed E-state index contributed by atoms with van der Waals surface area (Å²) in [7, 11) is 5.90. The zero-order chi connectivity index (χ0) is 54.8. The van der Waals surface area contributed by atoms with E-state index in [1.54, 1.807) is 0 Å². The van der Waals surface area contributed by atoms with Crippen LogP contribution < -0.4 is 5.11 Å². The Balaban J connectivity index is 4.24. The first-order chi connectivity index (χ1) is 36.6. The van der Waals surface area contributed by atoms with Crippen LogP contribution in [-0.4, -0.2) is 82.3 Å². The summed E-state index contributed by atoms with van der Waals surface area (Å²) in [5, 5.41) is 11.8. The van der Waals surface area contributed by atoms with Gasteiger partial charge in [-0.05, 0) is 96.3 Å². The summed E-state index contributed by atoms with van der Waals surface area (Å²) < 4.78 is 22.7. The van der Waals surface area contributed by atoms with Crippen LogP contribution in [0.25, 0.3) is 0 Å². The molecular weight excluding hydrogens is 935 g/mol. The monoisotopic (exact) mass is 1050 g/mol.